The van der Waals surface area contributed by atoms with E-state index in [9.17, 15) is 9.59 Å². The van der Waals surface area contributed by atoms with Crippen LogP contribution in [0.2, 0.25) is 5.02 Å². The third-order valence-electron chi connectivity index (χ3n) is 3.45. The summed E-state index contributed by atoms with van der Waals surface area (Å²) in [6.07, 6.45) is 0.450. The maximum absolute atomic E-state index is 12.7. The molecule has 140 valence electrons. The van der Waals surface area contributed by atoms with Crippen molar-refractivity contribution in [2.45, 2.75) is 31.5 Å². The van der Waals surface area contributed by atoms with E-state index in [1.54, 1.807) is 31.2 Å². The minimum Gasteiger partial charge on any atom is -0.465 e. The molecule has 0 saturated carbocycles. The van der Waals surface area contributed by atoms with Crippen LogP contribution in [0.3, 0.4) is 0 Å². The fraction of sp³-hybridized carbons (Fsp3) is 0.375. The second-order valence-corrected chi connectivity index (χ2v) is 6.55. The van der Waals surface area contributed by atoms with Gasteiger partial charge in [0.25, 0.3) is 0 Å². The number of hydrogen-bond donors (Lipinski definition) is 2. The number of carbonyl (C=O) groups is 2. The lowest BCUT2D eigenvalue weighted by Crippen LogP contribution is -2.27. The molecule has 0 bridgehead atoms. The Kier molecular flexibility index (Phi) is 7.28. The van der Waals surface area contributed by atoms with E-state index in [-0.39, 0.29) is 23.6 Å². The molecular weight excluding hydrogens is 378 g/mol. The van der Waals surface area contributed by atoms with Gasteiger partial charge in [0.15, 0.2) is 5.16 Å². The molecule has 10 heteroatoms. The minimum absolute atomic E-state index is 0.0501. The monoisotopic (exact) mass is 397 g/mol. The van der Waals surface area contributed by atoms with Gasteiger partial charge in [-0.25, -0.2) is 0 Å². The molecule has 1 heterocycles. The van der Waals surface area contributed by atoms with Crippen LogP contribution >= 0.6 is 23.4 Å². The van der Waals surface area contributed by atoms with Crippen LogP contribution in [0.25, 0.3) is 0 Å². The zero-order chi connectivity index (χ0) is 19.1. The summed E-state index contributed by atoms with van der Waals surface area (Å²) in [5.74, 6) is -0.532. The number of hydrogen-bond acceptors (Lipinski definition) is 7. The molecule has 0 radical (unpaired) electrons. The zero-order valence-corrected chi connectivity index (χ0v) is 16.0. The SMILES string of the molecule is CCOC(=O)CSc1nnc(N)n1C(CC)C(=O)Nc1ccccc1Cl. The van der Waals surface area contributed by atoms with Crippen LogP contribution in [0.1, 0.15) is 26.3 Å². The number of aromatic nitrogens is 3. The Hall–Kier alpha value is -2.26. The maximum atomic E-state index is 12.7. The van der Waals surface area contributed by atoms with E-state index < -0.39 is 6.04 Å². The van der Waals surface area contributed by atoms with Crippen molar-refractivity contribution in [3.63, 3.8) is 0 Å². The Morgan fingerprint density at radius 2 is 2.08 bits per heavy atom. The van der Waals surface area contributed by atoms with Gasteiger partial charge in [0.2, 0.25) is 11.9 Å². The number of nitrogens with zero attached hydrogens (tertiary/aromatic N) is 3. The number of nitrogens with two attached hydrogens (primary N) is 1. The molecule has 1 amide bonds. The molecule has 26 heavy (non-hydrogen) atoms. The highest BCUT2D eigenvalue weighted by Gasteiger charge is 2.25. The Morgan fingerprint density at radius 3 is 2.73 bits per heavy atom. The number of benzene rings is 1. The van der Waals surface area contributed by atoms with Crippen molar-refractivity contribution in [1.29, 1.82) is 0 Å². The standard InChI is InChI=1S/C16H20ClN5O3S/c1-3-12(14(24)19-11-8-6-5-7-10(11)17)22-15(18)20-21-16(22)26-9-13(23)25-4-2/h5-8,12H,3-4,9H2,1-2H3,(H2,18,20)(H,19,24). The highest BCUT2D eigenvalue weighted by molar-refractivity contribution is 7.99. The molecule has 0 fully saturated rings. The summed E-state index contributed by atoms with van der Waals surface area (Å²) in [7, 11) is 0. The van der Waals surface area contributed by atoms with Crippen LogP contribution in [-0.2, 0) is 14.3 Å². The van der Waals surface area contributed by atoms with Gasteiger partial charge in [0.05, 0.1) is 23.1 Å². The van der Waals surface area contributed by atoms with Gasteiger partial charge in [-0.1, -0.05) is 42.4 Å². The first-order chi connectivity index (χ1) is 12.5. The minimum atomic E-state index is -0.647. The van der Waals surface area contributed by atoms with Crippen LogP contribution in [-0.4, -0.2) is 39.0 Å². The molecule has 0 saturated heterocycles. The highest BCUT2D eigenvalue weighted by Crippen LogP contribution is 2.27. The predicted molar refractivity (Wildman–Crippen MR) is 101 cm³/mol. The molecule has 8 nitrogen and oxygen atoms in total. The van der Waals surface area contributed by atoms with Gasteiger partial charge in [-0.05, 0) is 25.5 Å². The first kappa shape index (κ1) is 20.1. The van der Waals surface area contributed by atoms with Crippen LogP contribution in [0.4, 0.5) is 11.6 Å². The fourth-order valence-corrected chi connectivity index (χ4v) is 3.24. The molecule has 2 aromatic rings. The first-order valence-electron chi connectivity index (χ1n) is 8.02. The lowest BCUT2D eigenvalue weighted by molar-refractivity contribution is -0.139. The van der Waals surface area contributed by atoms with Gasteiger partial charge in [-0.15, -0.1) is 10.2 Å². The molecule has 1 atom stereocenters. The van der Waals surface area contributed by atoms with Gasteiger partial charge in [0, 0.05) is 0 Å². The van der Waals surface area contributed by atoms with Crippen LogP contribution in [0.15, 0.2) is 29.4 Å². The molecule has 0 aliphatic heterocycles. The molecular formula is C16H20ClN5O3S. The number of carbonyl (C=O) groups excluding carboxylic acids is 2. The molecule has 1 unspecified atom stereocenters. The normalized spacial score (nSPS) is 11.8. The molecule has 3 N–H and O–H groups in total. The number of esters is 1. The first-order valence-corrected chi connectivity index (χ1v) is 9.38. The maximum Gasteiger partial charge on any atom is 0.316 e. The topological polar surface area (TPSA) is 112 Å². The third-order valence-corrected chi connectivity index (χ3v) is 4.69. The van der Waals surface area contributed by atoms with E-state index in [2.05, 4.69) is 15.5 Å². The summed E-state index contributed by atoms with van der Waals surface area (Å²) < 4.78 is 6.40. The van der Waals surface area contributed by atoms with E-state index in [1.807, 2.05) is 6.92 Å². The van der Waals surface area contributed by atoms with Crippen molar-refractivity contribution in [3.8, 4) is 0 Å². The Balaban J connectivity index is 2.18. The second-order valence-electron chi connectivity index (χ2n) is 5.20. The Labute approximate surface area is 160 Å². The van der Waals surface area contributed by atoms with Gasteiger partial charge >= 0.3 is 5.97 Å². The lowest BCUT2D eigenvalue weighted by Gasteiger charge is -2.19. The number of rotatable bonds is 8. The lowest BCUT2D eigenvalue weighted by atomic mass is 10.2. The van der Waals surface area contributed by atoms with E-state index in [0.717, 1.165) is 11.8 Å². The number of anilines is 2. The number of para-hydroxylation sites is 1. The number of thioether (sulfide) groups is 1. The summed E-state index contributed by atoms with van der Waals surface area (Å²) in [4.78, 5) is 24.3. The average molecular weight is 398 g/mol. The quantitative estimate of drug-likeness (QED) is 0.520. The van der Waals surface area contributed by atoms with E-state index >= 15 is 0 Å². The van der Waals surface area contributed by atoms with Crippen molar-refractivity contribution >= 4 is 46.9 Å². The van der Waals surface area contributed by atoms with Gasteiger partial charge in [0.1, 0.15) is 6.04 Å². The summed E-state index contributed by atoms with van der Waals surface area (Å²) >= 11 is 7.21. The van der Waals surface area contributed by atoms with Crippen LogP contribution < -0.4 is 11.1 Å². The van der Waals surface area contributed by atoms with Crippen molar-refractivity contribution in [1.82, 2.24) is 14.8 Å². The summed E-state index contributed by atoms with van der Waals surface area (Å²) in [5, 5.41) is 11.4. The molecule has 1 aromatic heterocycles. The number of amides is 1. The van der Waals surface area contributed by atoms with Gasteiger partial charge in [-0.3, -0.25) is 14.2 Å². The van der Waals surface area contributed by atoms with Crippen molar-refractivity contribution in [2.75, 3.05) is 23.4 Å². The van der Waals surface area contributed by atoms with Crippen molar-refractivity contribution < 1.29 is 14.3 Å². The number of halogens is 1. The Bertz CT molecular complexity index is 783. The van der Waals surface area contributed by atoms with Crippen molar-refractivity contribution in [3.05, 3.63) is 29.3 Å². The van der Waals surface area contributed by atoms with E-state index in [0.29, 0.717) is 28.9 Å². The van der Waals surface area contributed by atoms with Crippen LogP contribution in [0.5, 0.6) is 0 Å². The number of nitrogens with one attached hydrogen (secondary N) is 1. The Morgan fingerprint density at radius 1 is 1.35 bits per heavy atom. The highest BCUT2D eigenvalue weighted by atomic mass is 35.5. The fourth-order valence-electron chi connectivity index (χ4n) is 2.27. The molecule has 0 aliphatic rings. The number of ether oxygens (including phenoxy) is 1. The third kappa shape index (κ3) is 4.89. The zero-order valence-electron chi connectivity index (χ0n) is 14.4. The molecule has 0 aliphatic carbocycles. The largest absolute Gasteiger partial charge is 0.465 e. The molecule has 0 spiro atoms. The van der Waals surface area contributed by atoms with E-state index in [1.165, 1.54) is 4.57 Å². The number of nitrogen functional groups attached to an aromatic ring is 1. The molecule has 1 aromatic carbocycles. The van der Waals surface area contributed by atoms with Gasteiger partial charge in [-0.2, -0.15) is 0 Å². The van der Waals surface area contributed by atoms with Gasteiger partial charge < -0.3 is 15.8 Å². The summed E-state index contributed by atoms with van der Waals surface area (Å²) in [5.41, 5.74) is 6.40. The van der Waals surface area contributed by atoms with E-state index in [4.69, 9.17) is 22.1 Å². The van der Waals surface area contributed by atoms with Crippen molar-refractivity contribution in [2.24, 2.45) is 0 Å². The summed E-state index contributed by atoms with van der Waals surface area (Å²) in [6, 6.07) is 6.30. The predicted octanol–water partition coefficient (Wildman–Crippen LogP) is 2.76. The smallest absolute Gasteiger partial charge is 0.316 e. The second kappa shape index (κ2) is 9.44. The average Bonchev–Trinajstić information content (AvgIpc) is 2.97. The summed E-state index contributed by atoms with van der Waals surface area (Å²) in [6.45, 7) is 3.87. The van der Waals surface area contributed by atoms with Crippen LogP contribution in [0, 0.1) is 0 Å². The molecule has 2 rings (SSSR count).